The van der Waals surface area contributed by atoms with E-state index in [2.05, 4.69) is 32.3 Å². The maximum absolute atomic E-state index is 5.21. The molecule has 5 nitrogen and oxygen atoms in total. The summed E-state index contributed by atoms with van der Waals surface area (Å²) in [5.41, 5.74) is 2.10. The van der Waals surface area contributed by atoms with Gasteiger partial charge in [-0.3, -0.25) is 0 Å². The lowest BCUT2D eigenvalue weighted by atomic mass is 10.3. The minimum absolute atomic E-state index is 0.619. The number of para-hydroxylation sites is 2. The molecule has 0 atom stereocenters. The standard InChI is InChI=1S/C15H16N4OS/c1-3-9-19-12-8-6-5-7-11(12)16-15(19)21-10-14-17-13(4-2)18-20-14/h3,5-8H,1,4,9-10H2,2H3. The molecule has 0 unspecified atom stereocenters. The molecule has 2 aromatic heterocycles. The van der Waals surface area contributed by atoms with Gasteiger partial charge in [-0.25, -0.2) is 4.98 Å². The summed E-state index contributed by atoms with van der Waals surface area (Å²) >= 11 is 1.60. The zero-order chi connectivity index (χ0) is 14.7. The summed E-state index contributed by atoms with van der Waals surface area (Å²) in [6.45, 7) is 6.55. The fraction of sp³-hybridized carbons (Fsp3) is 0.267. The molecule has 3 aromatic rings. The molecule has 0 saturated heterocycles. The van der Waals surface area contributed by atoms with Crippen LogP contribution in [0.4, 0.5) is 0 Å². The molecule has 2 heterocycles. The number of benzene rings is 1. The number of fused-ring (bicyclic) bond motifs is 1. The van der Waals surface area contributed by atoms with E-state index in [1.54, 1.807) is 11.8 Å². The number of imidazole rings is 1. The minimum Gasteiger partial charge on any atom is -0.338 e. The third-order valence-corrected chi connectivity index (χ3v) is 4.04. The van der Waals surface area contributed by atoms with Crippen molar-refractivity contribution in [1.82, 2.24) is 19.7 Å². The Balaban J connectivity index is 1.85. The van der Waals surface area contributed by atoms with Gasteiger partial charge in [-0.2, -0.15) is 4.98 Å². The lowest BCUT2D eigenvalue weighted by molar-refractivity contribution is 0.385. The van der Waals surface area contributed by atoms with Crippen molar-refractivity contribution < 1.29 is 4.52 Å². The van der Waals surface area contributed by atoms with E-state index >= 15 is 0 Å². The average molecular weight is 300 g/mol. The Labute approximate surface area is 127 Å². The highest BCUT2D eigenvalue weighted by Gasteiger charge is 2.12. The van der Waals surface area contributed by atoms with E-state index in [9.17, 15) is 0 Å². The van der Waals surface area contributed by atoms with Crippen LogP contribution >= 0.6 is 11.8 Å². The molecule has 0 spiro atoms. The summed E-state index contributed by atoms with van der Waals surface area (Å²) in [6, 6.07) is 8.09. The maximum Gasteiger partial charge on any atom is 0.237 e. The van der Waals surface area contributed by atoms with Crippen molar-refractivity contribution in [2.75, 3.05) is 0 Å². The molecule has 0 aliphatic rings. The van der Waals surface area contributed by atoms with Crippen LogP contribution < -0.4 is 0 Å². The van der Waals surface area contributed by atoms with E-state index in [0.717, 1.165) is 35.0 Å². The van der Waals surface area contributed by atoms with Crippen molar-refractivity contribution in [2.24, 2.45) is 0 Å². The molecule has 3 rings (SSSR count). The zero-order valence-electron chi connectivity index (χ0n) is 11.8. The predicted molar refractivity (Wildman–Crippen MR) is 83.2 cm³/mol. The normalized spacial score (nSPS) is 11.1. The highest BCUT2D eigenvalue weighted by atomic mass is 32.2. The Morgan fingerprint density at radius 1 is 1.33 bits per heavy atom. The first-order chi connectivity index (χ1) is 10.3. The largest absolute Gasteiger partial charge is 0.338 e. The first-order valence-electron chi connectivity index (χ1n) is 6.82. The van der Waals surface area contributed by atoms with Crippen molar-refractivity contribution in [1.29, 1.82) is 0 Å². The number of aryl methyl sites for hydroxylation is 1. The summed E-state index contributed by atoms with van der Waals surface area (Å²) in [7, 11) is 0. The predicted octanol–water partition coefficient (Wildman–Crippen LogP) is 3.46. The molecule has 0 amide bonds. The van der Waals surface area contributed by atoms with Gasteiger partial charge in [0.1, 0.15) is 0 Å². The monoisotopic (exact) mass is 300 g/mol. The lowest BCUT2D eigenvalue weighted by Gasteiger charge is -2.04. The van der Waals surface area contributed by atoms with Crippen LogP contribution in [0.15, 0.2) is 46.6 Å². The van der Waals surface area contributed by atoms with Gasteiger partial charge in [-0.05, 0) is 12.1 Å². The van der Waals surface area contributed by atoms with Crippen LogP contribution in [0.2, 0.25) is 0 Å². The van der Waals surface area contributed by atoms with Crippen LogP contribution in [0.5, 0.6) is 0 Å². The summed E-state index contributed by atoms with van der Waals surface area (Å²) in [4.78, 5) is 8.98. The van der Waals surface area contributed by atoms with Crippen molar-refractivity contribution in [2.45, 2.75) is 30.8 Å². The third kappa shape index (κ3) is 2.85. The Bertz CT molecular complexity index is 762. The molecule has 21 heavy (non-hydrogen) atoms. The van der Waals surface area contributed by atoms with Crippen LogP contribution in [-0.2, 0) is 18.7 Å². The van der Waals surface area contributed by atoms with Gasteiger partial charge in [-0.1, -0.05) is 42.1 Å². The first-order valence-corrected chi connectivity index (χ1v) is 7.80. The molecule has 108 valence electrons. The van der Waals surface area contributed by atoms with E-state index in [1.807, 2.05) is 31.2 Å². The Morgan fingerprint density at radius 3 is 2.95 bits per heavy atom. The SMILES string of the molecule is C=CCn1c(SCc2nc(CC)no2)nc2ccccc21. The van der Waals surface area contributed by atoms with Gasteiger partial charge in [0.25, 0.3) is 0 Å². The fourth-order valence-corrected chi connectivity index (χ4v) is 2.95. The molecule has 0 bridgehead atoms. The first kappa shape index (κ1) is 13.9. The highest BCUT2D eigenvalue weighted by molar-refractivity contribution is 7.98. The Kier molecular flexibility index (Phi) is 4.06. The smallest absolute Gasteiger partial charge is 0.237 e. The molecule has 0 aliphatic heterocycles. The number of nitrogens with zero attached hydrogens (tertiary/aromatic N) is 4. The van der Waals surface area contributed by atoms with Crippen molar-refractivity contribution >= 4 is 22.8 Å². The fourth-order valence-electron chi connectivity index (χ4n) is 2.09. The van der Waals surface area contributed by atoms with Gasteiger partial charge >= 0.3 is 0 Å². The second-order valence-corrected chi connectivity index (χ2v) is 5.47. The molecular weight excluding hydrogens is 284 g/mol. The number of hydrogen-bond acceptors (Lipinski definition) is 5. The van der Waals surface area contributed by atoms with Gasteiger partial charge in [-0.15, -0.1) is 6.58 Å². The Morgan fingerprint density at radius 2 is 2.19 bits per heavy atom. The van der Waals surface area contributed by atoms with Crippen LogP contribution in [-0.4, -0.2) is 19.7 Å². The van der Waals surface area contributed by atoms with Crippen molar-refractivity contribution in [3.63, 3.8) is 0 Å². The number of allylic oxidation sites excluding steroid dienone is 1. The quantitative estimate of drug-likeness (QED) is 0.515. The summed E-state index contributed by atoms with van der Waals surface area (Å²) in [5.74, 6) is 1.99. The molecule has 0 fully saturated rings. The summed E-state index contributed by atoms with van der Waals surface area (Å²) in [6.07, 6.45) is 2.66. The highest BCUT2D eigenvalue weighted by Crippen LogP contribution is 2.26. The van der Waals surface area contributed by atoms with Crippen LogP contribution in [0, 0.1) is 0 Å². The summed E-state index contributed by atoms with van der Waals surface area (Å²) < 4.78 is 7.35. The number of thioether (sulfide) groups is 1. The molecule has 0 radical (unpaired) electrons. The topological polar surface area (TPSA) is 56.7 Å². The number of aromatic nitrogens is 4. The number of hydrogen-bond donors (Lipinski definition) is 0. The van der Waals surface area contributed by atoms with E-state index in [1.165, 1.54) is 0 Å². The molecule has 0 N–H and O–H groups in total. The maximum atomic E-state index is 5.21. The van der Waals surface area contributed by atoms with E-state index in [0.29, 0.717) is 11.6 Å². The summed E-state index contributed by atoms with van der Waals surface area (Å²) in [5, 5.41) is 4.84. The molecule has 0 saturated carbocycles. The van der Waals surface area contributed by atoms with Gasteiger partial charge in [0, 0.05) is 13.0 Å². The second kappa shape index (κ2) is 6.13. The van der Waals surface area contributed by atoms with Gasteiger partial charge in [0.05, 0.1) is 16.8 Å². The van der Waals surface area contributed by atoms with Gasteiger partial charge in [0.15, 0.2) is 11.0 Å². The van der Waals surface area contributed by atoms with E-state index in [4.69, 9.17) is 4.52 Å². The van der Waals surface area contributed by atoms with Crippen LogP contribution in [0.3, 0.4) is 0 Å². The van der Waals surface area contributed by atoms with Gasteiger partial charge < -0.3 is 9.09 Å². The number of rotatable bonds is 6. The molecule has 0 aliphatic carbocycles. The Hall–Kier alpha value is -2.08. The van der Waals surface area contributed by atoms with Gasteiger partial charge in [0.2, 0.25) is 5.89 Å². The van der Waals surface area contributed by atoms with E-state index < -0.39 is 0 Å². The zero-order valence-corrected chi connectivity index (χ0v) is 12.6. The van der Waals surface area contributed by atoms with E-state index in [-0.39, 0.29) is 0 Å². The van der Waals surface area contributed by atoms with Crippen LogP contribution in [0.25, 0.3) is 11.0 Å². The van der Waals surface area contributed by atoms with Crippen molar-refractivity contribution in [3.8, 4) is 0 Å². The van der Waals surface area contributed by atoms with Crippen molar-refractivity contribution in [3.05, 3.63) is 48.6 Å². The van der Waals surface area contributed by atoms with Crippen LogP contribution in [0.1, 0.15) is 18.6 Å². The third-order valence-electron chi connectivity index (χ3n) is 3.08. The minimum atomic E-state index is 0.619. The second-order valence-electron chi connectivity index (χ2n) is 4.53. The lowest BCUT2D eigenvalue weighted by Crippen LogP contribution is -1.97. The molecule has 6 heteroatoms. The molecule has 1 aromatic carbocycles. The molecular formula is C15H16N4OS. The average Bonchev–Trinajstić information content (AvgIpc) is 3.10.